The summed E-state index contributed by atoms with van der Waals surface area (Å²) in [6.07, 6.45) is -0.572. The number of aliphatic hydroxyl groups is 1. The fourth-order valence-corrected chi connectivity index (χ4v) is 3.08. The third-order valence-electron chi connectivity index (χ3n) is 2.32. The summed E-state index contributed by atoms with van der Waals surface area (Å²) in [4.78, 5) is 1.21. The molecule has 0 amide bonds. The maximum absolute atomic E-state index is 10.3. The Hall–Kier alpha value is -0.160. The molecule has 1 heterocycles. The van der Waals surface area contributed by atoms with E-state index in [1.165, 1.54) is 4.88 Å². The lowest BCUT2D eigenvalue weighted by Gasteiger charge is -2.11. The molecule has 0 aliphatic carbocycles. The number of benzene rings is 1. The van der Waals surface area contributed by atoms with E-state index in [1.54, 1.807) is 11.3 Å². The van der Waals surface area contributed by atoms with Gasteiger partial charge in [0.05, 0.1) is 0 Å². The van der Waals surface area contributed by atoms with Gasteiger partial charge in [-0.05, 0) is 42.1 Å². The van der Waals surface area contributed by atoms with Crippen LogP contribution in [-0.4, -0.2) is 5.11 Å². The highest BCUT2D eigenvalue weighted by Crippen LogP contribution is 2.32. The van der Waals surface area contributed by atoms with E-state index < -0.39 is 6.10 Å². The third-order valence-corrected chi connectivity index (χ3v) is 4.41. The van der Waals surface area contributed by atoms with Crippen molar-refractivity contribution in [1.29, 1.82) is 0 Å². The van der Waals surface area contributed by atoms with Crippen molar-refractivity contribution in [2.45, 2.75) is 13.0 Å². The summed E-state index contributed by atoms with van der Waals surface area (Å²) in [6, 6.07) is 7.82. The van der Waals surface area contributed by atoms with Crippen molar-refractivity contribution in [3.63, 3.8) is 0 Å². The Morgan fingerprint density at radius 2 is 2.00 bits per heavy atom. The maximum atomic E-state index is 10.3. The molecule has 0 saturated carbocycles. The Balaban J connectivity index is 2.40. The molecule has 1 aromatic carbocycles. The quantitative estimate of drug-likeness (QED) is 0.824. The maximum Gasteiger partial charge on any atom is 0.106 e. The standard InChI is InChI=1S/C12H10Br2OS/c1-7-4-8(6-16-7)12(15)10-5-9(13)2-3-11(10)14/h2-6,12,15H,1H3. The van der Waals surface area contributed by atoms with E-state index in [2.05, 4.69) is 31.9 Å². The second-order valence-electron chi connectivity index (χ2n) is 3.56. The Kier molecular flexibility index (Phi) is 3.85. The van der Waals surface area contributed by atoms with Gasteiger partial charge in [-0.3, -0.25) is 0 Å². The van der Waals surface area contributed by atoms with Crippen molar-refractivity contribution in [2.24, 2.45) is 0 Å². The van der Waals surface area contributed by atoms with Gasteiger partial charge in [-0.2, -0.15) is 0 Å². The van der Waals surface area contributed by atoms with Crippen LogP contribution in [0.15, 0.2) is 38.6 Å². The molecule has 0 aliphatic rings. The fourth-order valence-electron chi connectivity index (χ4n) is 1.51. The van der Waals surface area contributed by atoms with Crippen molar-refractivity contribution < 1.29 is 5.11 Å². The predicted molar refractivity (Wildman–Crippen MR) is 75.0 cm³/mol. The summed E-state index contributed by atoms with van der Waals surface area (Å²) in [5.41, 5.74) is 1.83. The second kappa shape index (κ2) is 5.00. The lowest BCUT2D eigenvalue weighted by atomic mass is 10.0. The normalized spacial score (nSPS) is 12.8. The van der Waals surface area contributed by atoms with Crippen LogP contribution < -0.4 is 0 Å². The first-order valence-corrected chi connectivity index (χ1v) is 7.22. The first kappa shape index (κ1) is 12.3. The van der Waals surface area contributed by atoms with Gasteiger partial charge in [0, 0.05) is 19.4 Å². The van der Waals surface area contributed by atoms with Gasteiger partial charge < -0.3 is 5.11 Å². The van der Waals surface area contributed by atoms with E-state index in [9.17, 15) is 5.11 Å². The summed E-state index contributed by atoms with van der Waals surface area (Å²) in [5, 5.41) is 12.3. The summed E-state index contributed by atoms with van der Waals surface area (Å²) >= 11 is 8.52. The average molecular weight is 362 g/mol. The Labute approximate surface area is 115 Å². The predicted octanol–water partition coefficient (Wildman–Crippen LogP) is 4.66. The van der Waals surface area contributed by atoms with E-state index in [-0.39, 0.29) is 0 Å². The van der Waals surface area contributed by atoms with Gasteiger partial charge in [0.25, 0.3) is 0 Å². The fraction of sp³-hybridized carbons (Fsp3) is 0.167. The van der Waals surface area contributed by atoms with Crippen molar-refractivity contribution in [1.82, 2.24) is 0 Å². The molecule has 0 spiro atoms. The first-order chi connectivity index (χ1) is 7.58. The molecule has 1 nitrogen and oxygen atoms in total. The monoisotopic (exact) mass is 360 g/mol. The molecule has 16 heavy (non-hydrogen) atoms. The highest BCUT2D eigenvalue weighted by atomic mass is 79.9. The SMILES string of the molecule is Cc1cc(C(O)c2cc(Br)ccc2Br)cs1. The van der Waals surface area contributed by atoms with Gasteiger partial charge in [0.15, 0.2) is 0 Å². The van der Waals surface area contributed by atoms with Crippen LogP contribution in [0.2, 0.25) is 0 Å². The molecule has 0 bridgehead atoms. The van der Waals surface area contributed by atoms with Crippen LogP contribution in [0, 0.1) is 6.92 Å². The van der Waals surface area contributed by atoms with Crippen molar-refractivity contribution >= 4 is 43.2 Å². The number of thiophene rings is 1. The molecular formula is C12H10Br2OS. The molecule has 1 aromatic heterocycles. The summed E-state index contributed by atoms with van der Waals surface area (Å²) in [6.45, 7) is 2.04. The van der Waals surface area contributed by atoms with Gasteiger partial charge in [-0.15, -0.1) is 11.3 Å². The molecule has 1 N–H and O–H groups in total. The van der Waals surface area contributed by atoms with Crippen molar-refractivity contribution in [3.05, 3.63) is 54.6 Å². The van der Waals surface area contributed by atoms with Gasteiger partial charge in [-0.25, -0.2) is 0 Å². The Bertz CT molecular complexity index is 507. The molecule has 0 aliphatic heterocycles. The van der Waals surface area contributed by atoms with Gasteiger partial charge in [-0.1, -0.05) is 31.9 Å². The van der Waals surface area contributed by atoms with Crippen LogP contribution >= 0.6 is 43.2 Å². The van der Waals surface area contributed by atoms with E-state index in [4.69, 9.17) is 0 Å². The molecule has 84 valence electrons. The number of halogens is 2. The summed E-state index contributed by atoms with van der Waals surface area (Å²) in [5.74, 6) is 0. The number of aryl methyl sites for hydroxylation is 1. The van der Waals surface area contributed by atoms with Crippen LogP contribution in [-0.2, 0) is 0 Å². The summed E-state index contributed by atoms with van der Waals surface area (Å²) < 4.78 is 1.89. The minimum atomic E-state index is -0.572. The number of rotatable bonds is 2. The van der Waals surface area contributed by atoms with E-state index in [0.29, 0.717) is 0 Å². The minimum absolute atomic E-state index is 0.572. The van der Waals surface area contributed by atoms with Gasteiger partial charge in [0.2, 0.25) is 0 Å². The van der Waals surface area contributed by atoms with Gasteiger partial charge in [0.1, 0.15) is 6.10 Å². The zero-order chi connectivity index (χ0) is 11.7. The zero-order valence-electron chi connectivity index (χ0n) is 8.58. The minimum Gasteiger partial charge on any atom is -0.384 e. The molecule has 1 unspecified atom stereocenters. The van der Waals surface area contributed by atoms with Crippen molar-refractivity contribution in [3.8, 4) is 0 Å². The Morgan fingerprint density at radius 3 is 2.62 bits per heavy atom. The van der Waals surface area contributed by atoms with Gasteiger partial charge >= 0.3 is 0 Å². The third kappa shape index (κ3) is 2.56. The van der Waals surface area contributed by atoms with E-state index >= 15 is 0 Å². The van der Waals surface area contributed by atoms with Crippen LogP contribution in [0.25, 0.3) is 0 Å². The van der Waals surface area contributed by atoms with Crippen LogP contribution in [0.5, 0.6) is 0 Å². The largest absolute Gasteiger partial charge is 0.384 e. The smallest absolute Gasteiger partial charge is 0.106 e. The molecule has 2 aromatic rings. The van der Waals surface area contributed by atoms with Crippen LogP contribution in [0.1, 0.15) is 22.1 Å². The first-order valence-electron chi connectivity index (χ1n) is 4.76. The topological polar surface area (TPSA) is 20.2 Å². The van der Waals surface area contributed by atoms with E-state index in [0.717, 1.165) is 20.1 Å². The summed E-state index contributed by atoms with van der Waals surface area (Å²) in [7, 11) is 0. The Morgan fingerprint density at radius 1 is 1.25 bits per heavy atom. The molecule has 2 rings (SSSR count). The molecular weight excluding hydrogens is 352 g/mol. The molecule has 0 radical (unpaired) electrons. The number of hydrogen-bond donors (Lipinski definition) is 1. The number of hydrogen-bond acceptors (Lipinski definition) is 2. The second-order valence-corrected chi connectivity index (χ2v) is 6.44. The highest BCUT2D eigenvalue weighted by Gasteiger charge is 2.15. The van der Waals surface area contributed by atoms with E-state index in [1.807, 2.05) is 36.6 Å². The highest BCUT2D eigenvalue weighted by molar-refractivity contribution is 9.11. The number of aliphatic hydroxyl groups excluding tert-OH is 1. The molecule has 0 fully saturated rings. The van der Waals surface area contributed by atoms with Crippen LogP contribution in [0.3, 0.4) is 0 Å². The van der Waals surface area contributed by atoms with Crippen molar-refractivity contribution in [2.75, 3.05) is 0 Å². The zero-order valence-corrected chi connectivity index (χ0v) is 12.6. The lowest BCUT2D eigenvalue weighted by molar-refractivity contribution is 0.220. The van der Waals surface area contributed by atoms with Crippen LogP contribution in [0.4, 0.5) is 0 Å². The molecule has 1 atom stereocenters. The lowest BCUT2D eigenvalue weighted by Crippen LogP contribution is -1.99. The average Bonchev–Trinajstić information content (AvgIpc) is 2.67. The molecule has 4 heteroatoms. The molecule has 0 saturated heterocycles.